The van der Waals surface area contributed by atoms with Crippen LogP contribution in [0.3, 0.4) is 0 Å². The minimum Gasteiger partial charge on any atom is -0.333 e. The number of hydrogen-bond donors (Lipinski definition) is 0. The van der Waals surface area contributed by atoms with E-state index in [1.165, 1.54) is 61.0 Å². The molecule has 76 heavy (non-hydrogen) atoms. The molecule has 0 N–H and O–H groups in total. The van der Waals surface area contributed by atoms with Crippen LogP contribution in [0, 0.1) is 0 Å². The minimum absolute atomic E-state index is 0.210. The Kier molecular flexibility index (Phi) is 11.3. The monoisotopic (exact) mass is 972 g/mol. The number of benzene rings is 11. The van der Waals surface area contributed by atoms with E-state index in [1.807, 2.05) is 0 Å². The highest BCUT2D eigenvalue weighted by Gasteiger charge is 2.38. The molecule has 11 aromatic carbocycles. The summed E-state index contributed by atoms with van der Waals surface area (Å²) in [5.41, 5.74) is 20.9. The second-order valence-corrected chi connectivity index (χ2v) is 19.7. The molecular weight excluding hydrogens is 921 g/mol. The van der Waals surface area contributed by atoms with Crippen LogP contribution in [0.2, 0.25) is 0 Å². The first kappa shape index (κ1) is 44.8. The van der Waals surface area contributed by atoms with Crippen molar-refractivity contribution in [1.29, 1.82) is 0 Å². The molecule has 0 saturated carbocycles. The Morgan fingerprint density at radius 2 is 0.737 bits per heavy atom. The van der Waals surface area contributed by atoms with Gasteiger partial charge in [-0.2, -0.15) is 0 Å². The molecule has 1 aliphatic carbocycles. The average molecular weight is 973 g/mol. The Hall–Kier alpha value is -9.90. The number of para-hydroxylation sites is 3. The number of anilines is 8. The van der Waals surface area contributed by atoms with E-state index in [4.69, 9.17) is 0 Å². The smallest absolute Gasteiger partial charge is 0.0629 e. The molecule has 1 aliphatic heterocycles. The van der Waals surface area contributed by atoms with Crippen LogP contribution in [0.1, 0.15) is 11.5 Å². The van der Waals surface area contributed by atoms with Crippen LogP contribution >= 0.6 is 0 Å². The van der Waals surface area contributed by atoms with Crippen LogP contribution in [0.4, 0.5) is 45.5 Å². The Balaban J connectivity index is 0.844. The van der Waals surface area contributed by atoms with Crippen molar-refractivity contribution in [2.24, 2.45) is 0 Å². The quantitative estimate of drug-likeness (QED) is 0.128. The maximum absolute atomic E-state index is 2.50. The Morgan fingerprint density at radius 1 is 0.289 bits per heavy atom. The number of rotatable bonds is 11. The summed E-state index contributed by atoms with van der Waals surface area (Å²) in [6, 6.07) is 102. The van der Waals surface area contributed by atoms with Gasteiger partial charge in [0.1, 0.15) is 0 Å². The summed E-state index contributed by atoms with van der Waals surface area (Å²) in [6.45, 7) is 0. The van der Waals surface area contributed by atoms with Gasteiger partial charge in [0, 0.05) is 67.9 Å². The van der Waals surface area contributed by atoms with Crippen molar-refractivity contribution in [1.82, 2.24) is 4.57 Å². The van der Waals surface area contributed by atoms with Gasteiger partial charge in [0.2, 0.25) is 0 Å². The summed E-state index contributed by atoms with van der Waals surface area (Å²) in [7, 11) is 0. The lowest BCUT2D eigenvalue weighted by Crippen LogP contribution is -2.28. The molecule has 0 bridgehead atoms. The standard InChI is InChI=1S/C72H52N4/c1-5-19-51(20-6-1)55-23-17-29-61(47-55)73(63-43-45-71-67(49-63)65-31-13-15-33-69(65)75(71)57-25-9-3-10-26-57)59-39-35-53(36-40-59)54-37-41-60(42-38-54)74(62-30-18-24-56(48-62)52-21-7-2-8-22-52)64-44-46-72-68(50-64)66-32-14-16-34-70(66)76(72)58-27-11-4-12-28-58/h1-50,65,69H. The van der Waals surface area contributed by atoms with E-state index in [2.05, 4.69) is 323 Å². The molecule has 4 nitrogen and oxygen atoms in total. The fourth-order valence-electron chi connectivity index (χ4n) is 11.7. The first-order chi connectivity index (χ1) is 37.7. The maximum Gasteiger partial charge on any atom is 0.0629 e. The van der Waals surface area contributed by atoms with Gasteiger partial charge < -0.3 is 19.3 Å². The Morgan fingerprint density at radius 3 is 1.34 bits per heavy atom. The molecule has 1 aromatic heterocycles. The first-order valence-corrected chi connectivity index (χ1v) is 26.2. The zero-order chi connectivity index (χ0) is 50.4. The van der Waals surface area contributed by atoms with Crippen molar-refractivity contribution < 1.29 is 0 Å². The van der Waals surface area contributed by atoms with Crippen LogP contribution in [0.15, 0.2) is 303 Å². The largest absolute Gasteiger partial charge is 0.333 e. The van der Waals surface area contributed by atoms with Gasteiger partial charge in [-0.25, -0.2) is 0 Å². The van der Waals surface area contributed by atoms with Crippen LogP contribution < -0.4 is 14.7 Å². The van der Waals surface area contributed by atoms with E-state index in [-0.39, 0.29) is 12.0 Å². The second-order valence-electron chi connectivity index (χ2n) is 19.7. The zero-order valence-corrected chi connectivity index (χ0v) is 41.8. The fraction of sp³-hybridized carbons (Fsp3) is 0.0278. The third kappa shape index (κ3) is 8.05. The van der Waals surface area contributed by atoms with E-state index in [0.29, 0.717) is 0 Å². The molecule has 0 amide bonds. The number of fused-ring (bicyclic) bond motifs is 6. The van der Waals surface area contributed by atoms with Gasteiger partial charge in [-0.05, 0) is 154 Å². The van der Waals surface area contributed by atoms with E-state index in [9.17, 15) is 0 Å². The summed E-state index contributed by atoms with van der Waals surface area (Å²) >= 11 is 0. The average Bonchev–Trinajstić information content (AvgIpc) is 4.08. The van der Waals surface area contributed by atoms with Gasteiger partial charge in [-0.1, -0.05) is 188 Å². The molecule has 12 aromatic rings. The topological polar surface area (TPSA) is 14.7 Å². The predicted molar refractivity (Wildman–Crippen MR) is 320 cm³/mol. The molecule has 0 spiro atoms. The lowest BCUT2D eigenvalue weighted by molar-refractivity contribution is 0.745. The Labute approximate surface area is 444 Å². The van der Waals surface area contributed by atoms with E-state index < -0.39 is 0 Å². The molecular formula is C72H52N4. The van der Waals surface area contributed by atoms with Gasteiger partial charge >= 0.3 is 0 Å². The first-order valence-electron chi connectivity index (χ1n) is 26.2. The van der Waals surface area contributed by atoms with Crippen molar-refractivity contribution in [2.75, 3.05) is 14.7 Å². The van der Waals surface area contributed by atoms with E-state index in [0.717, 1.165) is 50.9 Å². The van der Waals surface area contributed by atoms with Crippen molar-refractivity contribution in [2.45, 2.75) is 12.0 Å². The third-order valence-electron chi connectivity index (χ3n) is 15.3. The Bertz CT molecular complexity index is 4110. The van der Waals surface area contributed by atoms with Gasteiger partial charge in [0.15, 0.2) is 0 Å². The van der Waals surface area contributed by atoms with Crippen molar-refractivity contribution >= 4 is 67.3 Å². The molecule has 14 rings (SSSR count). The summed E-state index contributed by atoms with van der Waals surface area (Å²) in [5, 5.41) is 2.43. The normalized spacial score (nSPS) is 14.4. The van der Waals surface area contributed by atoms with Crippen molar-refractivity contribution in [3.05, 3.63) is 309 Å². The summed E-state index contributed by atoms with van der Waals surface area (Å²) in [5.74, 6) is 0.233. The molecule has 360 valence electrons. The lowest BCUT2D eigenvalue weighted by atomic mass is 9.91. The molecule has 0 radical (unpaired) electrons. The molecule has 0 fully saturated rings. The molecule has 2 aliphatic rings. The molecule has 2 unspecified atom stereocenters. The van der Waals surface area contributed by atoms with Gasteiger partial charge in [0.25, 0.3) is 0 Å². The van der Waals surface area contributed by atoms with Gasteiger partial charge in [0.05, 0.1) is 17.1 Å². The predicted octanol–water partition coefficient (Wildman–Crippen LogP) is 19.5. The number of aromatic nitrogens is 1. The molecule has 2 atom stereocenters. The summed E-state index contributed by atoms with van der Waals surface area (Å²) in [6.07, 6.45) is 9.10. The molecule has 4 heteroatoms. The van der Waals surface area contributed by atoms with Crippen LogP contribution in [0.5, 0.6) is 0 Å². The zero-order valence-electron chi connectivity index (χ0n) is 41.8. The minimum atomic E-state index is 0.210. The van der Waals surface area contributed by atoms with E-state index in [1.54, 1.807) is 0 Å². The highest BCUT2D eigenvalue weighted by Crippen LogP contribution is 2.50. The highest BCUT2D eigenvalue weighted by atomic mass is 15.2. The number of allylic oxidation sites excluding steroid dienone is 2. The van der Waals surface area contributed by atoms with Crippen molar-refractivity contribution in [3.63, 3.8) is 0 Å². The summed E-state index contributed by atoms with van der Waals surface area (Å²) < 4.78 is 2.38. The number of nitrogens with zero attached hydrogens (tertiary/aromatic N) is 4. The SMILES string of the molecule is C1=CC2c3cc(N(c4ccc(-c5ccc(N(c6cccc(-c7ccccc7)c6)c6ccc7c(c6)c6ccccc6n7-c6ccccc6)cc5)cc4)c4cccc(-c5ccccc5)c4)ccc3N(c3ccccc3)C2C=C1. The lowest BCUT2D eigenvalue weighted by Gasteiger charge is -2.28. The van der Waals surface area contributed by atoms with Crippen molar-refractivity contribution in [3.8, 4) is 39.1 Å². The molecule has 2 heterocycles. The van der Waals surface area contributed by atoms with Gasteiger partial charge in [-0.3, -0.25) is 0 Å². The third-order valence-corrected chi connectivity index (χ3v) is 15.3. The highest BCUT2D eigenvalue weighted by molar-refractivity contribution is 6.10. The number of hydrogen-bond acceptors (Lipinski definition) is 3. The van der Waals surface area contributed by atoms with Crippen LogP contribution in [-0.4, -0.2) is 10.6 Å². The maximum atomic E-state index is 2.50. The summed E-state index contributed by atoms with van der Waals surface area (Å²) in [4.78, 5) is 7.30. The second kappa shape index (κ2) is 19.2. The van der Waals surface area contributed by atoms with Crippen LogP contribution in [-0.2, 0) is 0 Å². The fourth-order valence-corrected chi connectivity index (χ4v) is 11.7. The van der Waals surface area contributed by atoms with Crippen LogP contribution in [0.25, 0.3) is 60.9 Å². The molecule has 0 saturated heterocycles. The van der Waals surface area contributed by atoms with E-state index >= 15 is 0 Å². The van der Waals surface area contributed by atoms with Gasteiger partial charge in [-0.15, -0.1) is 0 Å².